The van der Waals surface area contributed by atoms with Crippen molar-refractivity contribution in [1.29, 1.82) is 0 Å². The fourth-order valence-corrected chi connectivity index (χ4v) is 2.74. The van der Waals surface area contributed by atoms with Gasteiger partial charge in [-0.15, -0.1) is 10.2 Å². The summed E-state index contributed by atoms with van der Waals surface area (Å²) in [5, 5.41) is 7.97. The first-order valence-corrected chi connectivity index (χ1v) is 7.97. The van der Waals surface area contributed by atoms with E-state index >= 15 is 0 Å². The number of piperazine rings is 1. The molecule has 1 aromatic heterocycles. The monoisotopic (exact) mass is 366 g/mol. The third kappa shape index (κ3) is 3.87. The van der Waals surface area contributed by atoms with Crippen molar-refractivity contribution in [2.24, 2.45) is 0 Å². The molecule has 9 heteroatoms. The van der Waals surface area contributed by atoms with Gasteiger partial charge >= 0.3 is 6.18 Å². The number of carbonyl (C=O) groups excluding carboxylic acids is 1. The largest absolute Gasteiger partial charge is 0.480 e. The summed E-state index contributed by atoms with van der Waals surface area (Å²) in [5.74, 6) is 0.667. The van der Waals surface area contributed by atoms with Crippen molar-refractivity contribution in [2.75, 3.05) is 38.2 Å². The van der Waals surface area contributed by atoms with E-state index in [9.17, 15) is 18.0 Å². The highest BCUT2D eigenvalue weighted by Gasteiger charge is 2.31. The molecule has 0 spiro atoms. The lowest BCUT2D eigenvalue weighted by molar-refractivity contribution is -0.137. The Morgan fingerprint density at radius 3 is 2.38 bits per heavy atom. The summed E-state index contributed by atoms with van der Waals surface area (Å²) in [6, 6.07) is 7.97. The molecular formula is C17H17F3N4O2. The number of alkyl halides is 3. The van der Waals surface area contributed by atoms with Gasteiger partial charge < -0.3 is 14.5 Å². The second-order valence-electron chi connectivity index (χ2n) is 5.79. The molecule has 0 bridgehead atoms. The molecule has 1 aliphatic rings. The molecule has 0 N–H and O–H groups in total. The highest BCUT2D eigenvalue weighted by molar-refractivity contribution is 5.94. The van der Waals surface area contributed by atoms with Gasteiger partial charge in [0, 0.05) is 37.8 Å². The minimum atomic E-state index is -4.47. The zero-order valence-corrected chi connectivity index (χ0v) is 14.0. The van der Waals surface area contributed by atoms with Crippen molar-refractivity contribution in [3.63, 3.8) is 0 Å². The van der Waals surface area contributed by atoms with Crippen molar-refractivity contribution in [3.8, 4) is 5.88 Å². The third-order valence-corrected chi connectivity index (χ3v) is 4.16. The number of anilines is 1. The van der Waals surface area contributed by atoms with Crippen LogP contribution >= 0.6 is 0 Å². The molecule has 0 atom stereocenters. The van der Waals surface area contributed by atoms with Gasteiger partial charge in [-0.3, -0.25) is 4.79 Å². The SMILES string of the molecule is COc1ccc(N2CCN(C(=O)c3cccc(C(F)(F)F)c3)CC2)nn1. The Kier molecular flexibility index (Phi) is 4.97. The van der Waals surface area contributed by atoms with E-state index in [4.69, 9.17) is 4.74 Å². The number of halogens is 3. The quantitative estimate of drug-likeness (QED) is 0.835. The molecule has 1 aliphatic heterocycles. The first-order valence-electron chi connectivity index (χ1n) is 7.97. The molecule has 0 saturated carbocycles. The molecule has 0 radical (unpaired) electrons. The number of nitrogens with zero attached hydrogens (tertiary/aromatic N) is 4. The highest BCUT2D eigenvalue weighted by atomic mass is 19.4. The van der Waals surface area contributed by atoms with E-state index in [2.05, 4.69) is 10.2 Å². The van der Waals surface area contributed by atoms with Crippen molar-refractivity contribution in [3.05, 3.63) is 47.5 Å². The van der Waals surface area contributed by atoms with Gasteiger partial charge in [0.05, 0.1) is 12.7 Å². The number of hydrogen-bond acceptors (Lipinski definition) is 5. The van der Waals surface area contributed by atoms with Gasteiger partial charge in [-0.25, -0.2) is 0 Å². The van der Waals surface area contributed by atoms with Crippen LogP contribution in [0.2, 0.25) is 0 Å². The maximum atomic E-state index is 12.8. The lowest BCUT2D eigenvalue weighted by Crippen LogP contribution is -2.49. The standard InChI is InChI=1S/C17H17F3N4O2/c1-26-15-6-5-14(21-22-15)23-7-9-24(10-8-23)16(25)12-3-2-4-13(11-12)17(18,19)20/h2-6,11H,7-10H2,1H3. The fourth-order valence-electron chi connectivity index (χ4n) is 2.74. The van der Waals surface area contributed by atoms with Crippen LogP contribution in [0.15, 0.2) is 36.4 Å². The van der Waals surface area contributed by atoms with Crippen molar-refractivity contribution in [2.45, 2.75) is 6.18 Å². The Morgan fingerprint density at radius 1 is 1.08 bits per heavy atom. The van der Waals surface area contributed by atoms with Crippen LogP contribution in [0.1, 0.15) is 15.9 Å². The molecule has 6 nitrogen and oxygen atoms in total. The number of hydrogen-bond donors (Lipinski definition) is 0. The molecular weight excluding hydrogens is 349 g/mol. The molecule has 3 rings (SSSR count). The van der Waals surface area contributed by atoms with Crippen LogP contribution in [0, 0.1) is 0 Å². The average molecular weight is 366 g/mol. The van der Waals surface area contributed by atoms with Gasteiger partial charge in [0.25, 0.3) is 5.91 Å². The molecule has 2 aromatic rings. The molecule has 1 amide bonds. The van der Waals surface area contributed by atoms with Gasteiger partial charge in [0.2, 0.25) is 5.88 Å². The van der Waals surface area contributed by atoms with Crippen molar-refractivity contribution in [1.82, 2.24) is 15.1 Å². The van der Waals surface area contributed by atoms with Crippen LogP contribution in [0.4, 0.5) is 19.0 Å². The molecule has 0 aliphatic carbocycles. The lowest BCUT2D eigenvalue weighted by Gasteiger charge is -2.35. The Morgan fingerprint density at radius 2 is 1.81 bits per heavy atom. The van der Waals surface area contributed by atoms with Gasteiger partial charge in [0.1, 0.15) is 0 Å². The smallest absolute Gasteiger partial charge is 0.416 e. The zero-order valence-electron chi connectivity index (χ0n) is 14.0. The minimum absolute atomic E-state index is 0.0394. The first kappa shape index (κ1) is 18.0. The normalized spacial score (nSPS) is 15.1. The first-order chi connectivity index (χ1) is 12.4. The molecule has 1 saturated heterocycles. The van der Waals surface area contributed by atoms with Gasteiger partial charge in [-0.2, -0.15) is 13.2 Å². The van der Waals surface area contributed by atoms with E-state index < -0.39 is 17.6 Å². The number of aromatic nitrogens is 2. The van der Waals surface area contributed by atoms with Crippen LogP contribution in [0.5, 0.6) is 5.88 Å². The number of rotatable bonds is 3. The summed E-state index contributed by atoms with van der Waals surface area (Å²) in [5.41, 5.74) is -0.784. The topological polar surface area (TPSA) is 58.6 Å². The second-order valence-corrected chi connectivity index (χ2v) is 5.79. The van der Waals surface area contributed by atoms with Gasteiger partial charge in [0.15, 0.2) is 5.82 Å². The number of amides is 1. The van der Waals surface area contributed by atoms with Gasteiger partial charge in [-0.05, 0) is 24.3 Å². The summed E-state index contributed by atoms with van der Waals surface area (Å²) < 4.78 is 43.4. The second kappa shape index (κ2) is 7.19. The third-order valence-electron chi connectivity index (χ3n) is 4.16. The van der Waals surface area contributed by atoms with Crippen LogP contribution < -0.4 is 9.64 Å². The molecule has 0 unspecified atom stereocenters. The summed E-state index contributed by atoms with van der Waals surface area (Å²) in [7, 11) is 1.50. The molecule has 2 heterocycles. The Bertz CT molecular complexity index is 772. The summed E-state index contributed by atoms with van der Waals surface area (Å²) in [4.78, 5) is 16.0. The fraction of sp³-hybridized carbons (Fsp3) is 0.353. The van der Waals surface area contributed by atoms with E-state index in [0.717, 1.165) is 12.1 Å². The van der Waals surface area contributed by atoms with Crippen LogP contribution in [-0.2, 0) is 6.18 Å². The molecule has 138 valence electrons. The summed E-state index contributed by atoms with van der Waals surface area (Å²) in [6.45, 7) is 1.82. The van der Waals surface area contributed by atoms with E-state index in [1.54, 1.807) is 17.0 Å². The van der Waals surface area contributed by atoms with Crippen LogP contribution in [-0.4, -0.2) is 54.3 Å². The minimum Gasteiger partial charge on any atom is -0.480 e. The average Bonchev–Trinajstić information content (AvgIpc) is 2.67. The summed E-state index contributed by atoms with van der Waals surface area (Å²) >= 11 is 0. The van der Waals surface area contributed by atoms with Crippen molar-refractivity contribution < 1.29 is 22.7 Å². The predicted octanol–water partition coefficient (Wildman–Crippen LogP) is 2.47. The maximum Gasteiger partial charge on any atom is 0.416 e. The van der Waals surface area contributed by atoms with E-state index in [-0.39, 0.29) is 5.56 Å². The molecule has 1 fully saturated rings. The Labute approximate surface area is 148 Å². The maximum absolute atomic E-state index is 12.8. The van der Waals surface area contributed by atoms with Crippen molar-refractivity contribution >= 4 is 11.7 Å². The number of carbonyl (C=O) groups is 1. The predicted molar refractivity (Wildman–Crippen MR) is 88.1 cm³/mol. The van der Waals surface area contributed by atoms with Gasteiger partial charge in [-0.1, -0.05) is 6.07 Å². The zero-order chi connectivity index (χ0) is 18.7. The molecule has 1 aromatic carbocycles. The van der Waals surface area contributed by atoms with Crippen LogP contribution in [0.25, 0.3) is 0 Å². The molecule has 26 heavy (non-hydrogen) atoms. The number of ether oxygens (including phenoxy) is 1. The van der Waals surface area contributed by atoms with Crippen LogP contribution in [0.3, 0.4) is 0 Å². The van der Waals surface area contributed by atoms with E-state index in [1.165, 1.54) is 19.2 Å². The summed E-state index contributed by atoms with van der Waals surface area (Å²) in [6.07, 6.45) is -4.47. The number of methoxy groups -OCH3 is 1. The highest BCUT2D eigenvalue weighted by Crippen LogP contribution is 2.29. The Hall–Kier alpha value is -2.84. The van der Waals surface area contributed by atoms with E-state index in [0.29, 0.717) is 37.9 Å². The van der Waals surface area contributed by atoms with E-state index in [1.807, 2.05) is 4.90 Å². The number of benzene rings is 1. The lowest BCUT2D eigenvalue weighted by atomic mass is 10.1. The Balaban J connectivity index is 1.65.